The fraction of sp³-hybridized carbons (Fsp3) is 0.143. The van der Waals surface area contributed by atoms with Gasteiger partial charge in [0.15, 0.2) is 0 Å². The number of carbonyl (C=O) groups is 2. The lowest BCUT2D eigenvalue weighted by Gasteiger charge is -2.07. The zero-order chi connectivity index (χ0) is 14.3. The van der Waals surface area contributed by atoms with Gasteiger partial charge in [0.05, 0.1) is 0 Å². The number of amides is 2. The summed E-state index contributed by atoms with van der Waals surface area (Å²) in [7, 11) is 0. The van der Waals surface area contributed by atoms with Crippen molar-refractivity contribution in [1.82, 2.24) is 5.32 Å². The first kappa shape index (κ1) is 14.5. The number of carboxylic acid groups (broad SMARTS) is 1. The molecular formula is C14H16N2O3. The van der Waals surface area contributed by atoms with Crippen LogP contribution in [-0.4, -0.2) is 23.7 Å². The van der Waals surface area contributed by atoms with E-state index in [2.05, 4.69) is 17.2 Å². The molecular weight excluding hydrogens is 244 g/mol. The van der Waals surface area contributed by atoms with Gasteiger partial charge in [-0.25, -0.2) is 9.59 Å². The Balaban J connectivity index is 2.64. The Labute approximate surface area is 111 Å². The second-order valence-corrected chi connectivity index (χ2v) is 4.06. The van der Waals surface area contributed by atoms with Crippen molar-refractivity contribution in [2.45, 2.75) is 6.92 Å². The summed E-state index contributed by atoms with van der Waals surface area (Å²) in [5, 5.41) is 13.8. The molecule has 1 rings (SSSR count). The molecule has 0 aliphatic heterocycles. The van der Waals surface area contributed by atoms with E-state index in [0.29, 0.717) is 17.8 Å². The molecule has 19 heavy (non-hydrogen) atoms. The highest BCUT2D eigenvalue weighted by Gasteiger charge is 2.01. The molecule has 0 aliphatic rings. The SMILES string of the molecule is C=C(C)CNC(=O)Nc1cccc(/C=C/C(=O)O)c1. The molecule has 5 nitrogen and oxygen atoms in total. The Hall–Kier alpha value is -2.56. The van der Waals surface area contributed by atoms with Crippen molar-refractivity contribution in [1.29, 1.82) is 0 Å². The average Bonchev–Trinajstić information content (AvgIpc) is 2.34. The Morgan fingerprint density at radius 2 is 2.16 bits per heavy atom. The average molecular weight is 260 g/mol. The van der Waals surface area contributed by atoms with Crippen LogP contribution < -0.4 is 10.6 Å². The first-order valence-corrected chi connectivity index (χ1v) is 5.67. The predicted molar refractivity (Wildman–Crippen MR) is 74.9 cm³/mol. The van der Waals surface area contributed by atoms with Gasteiger partial charge in [-0.15, -0.1) is 0 Å². The minimum absolute atomic E-state index is 0.331. The third-order valence-electron chi connectivity index (χ3n) is 2.11. The van der Waals surface area contributed by atoms with Gasteiger partial charge in [-0.1, -0.05) is 24.3 Å². The summed E-state index contributed by atoms with van der Waals surface area (Å²) in [6.45, 7) is 5.91. The summed E-state index contributed by atoms with van der Waals surface area (Å²) < 4.78 is 0. The van der Waals surface area contributed by atoms with E-state index in [0.717, 1.165) is 11.6 Å². The zero-order valence-electron chi connectivity index (χ0n) is 10.6. The van der Waals surface area contributed by atoms with Gasteiger partial charge in [0.2, 0.25) is 0 Å². The van der Waals surface area contributed by atoms with Crippen LogP contribution in [0.15, 0.2) is 42.5 Å². The van der Waals surface area contributed by atoms with Crippen LogP contribution in [0.5, 0.6) is 0 Å². The molecule has 0 spiro atoms. The van der Waals surface area contributed by atoms with Gasteiger partial charge < -0.3 is 15.7 Å². The first-order chi connectivity index (χ1) is 8.97. The van der Waals surface area contributed by atoms with Crippen molar-refractivity contribution in [2.75, 3.05) is 11.9 Å². The monoisotopic (exact) mass is 260 g/mol. The van der Waals surface area contributed by atoms with Crippen molar-refractivity contribution in [3.63, 3.8) is 0 Å². The fourth-order valence-electron chi connectivity index (χ4n) is 1.29. The lowest BCUT2D eigenvalue weighted by Crippen LogP contribution is -2.29. The number of hydrogen-bond acceptors (Lipinski definition) is 2. The number of urea groups is 1. The van der Waals surface area contributed by atoms with Gasteiger partial charge in [-0.3, -0.25) is 0 Å². The molecule has 0 heterocycles. The molecule has 2 amide bonds. The molecule has 0 saturated carbocycles. The minimum Gasteiger partial charge on any atom is -0.478 e. The molecule has 0 bridgehead atoms. The van der Waals surface area contributed by atoms with E-state index in [4.69, 9.17) is 5.11 Å². The second-order valence-electron chi connectivity index (χ2n) is 4.06. The van der Waals surface area contributed by atoms with Crippen LogP contribution >= 0.6 is 0 Å². The normalized spacial score (nSPS) is 10.2. The van der Waals surface area contributed by atoms with E-state index in [-0.39, 0.29) is 6.03 Å². The van der Waals surface area contributed by atoms with Crippen molar-refractivity contribution >= 4 is 23.8 Å². The summed E-state index contributed by atoms with van der Waals surface area (Å²) >= 11 is 0. The molecule has 0 atom stereocenters. The van der Waals surface area contributed by atoms with E-state index in [9.17, 15) is 9.59 Å². The fourth-order valence-corrected chi connectivity index (χ4v) is 1.29. The van der Waals surface area contributed by atoms with E-state index >= 15 is 0 Å². The molecule has 0 saturated heterocycles. The molecule has 3 N–H and O–H groups in total. The van der Waals surface area contributed by atoms with Crippen molar-refractivity contribution < 1.29 is 14.7 Å². The van der Waals surface area contributed by atoms with Gasteiger partial charge in [-0.2, -0.15) is 0 Å². The highest BCUT2D eigenvalue weighted by Crippen LogP contribution is 2.11. The van der Waals surface area contributed by atoms with Crippen molar-refractivity contribution in [2.24, 2.45) is 0 Å². The molecule has 0 aliphatic carbocycles. The maximum Gasteiger partial charge on any atom is 0.328 e. The van der Waals surface area contributed by atoms with Gasteiger partial charge in [-0.05, 0) is 30.7 Å². The van der Waals surface area contributed by atoms with Crippen LogP contribution in [0.4, 0.5) is 10.5 Å². The smallest absolute Gasteiger partial charge is 0.328 e. The predicted octanol–water partition coefficient (Wildman–Crippen LogP) is 2.48. The van der Waals surface area contributed by atoms with Crippen LogP contribution in [0.25, 0.3) is 6.08 Å². The summed E-state index contributed by atoms with van der Waals surface area (Å²) in [5.74, 6) is -1.02. The first-order valence-electron chi connectivity index (χ1n) is 5.67. The second kappa shape index (κ2) is 7.00. The van der Waals surface area contributed by atoms with Crippen LogP contribution in [0.3, 0.4) is 0 Å². The Kier molecular flexibility index (Phi) is 5.35. The number of anilines is 1. The highest BCUT2D eigenvalue weighted by molar-refractivity contribution is 5.90. The summed E-state index contributed by atoms with van der Waals surface area (Å²) in [6, 6.07) is 6.55. The number of aliphatic carboxylic acids is 1. The molecule has 0 unspecified atom stereocenters. The number of nitrogens with one attached hydrogen (secondary N) is 2. The van der Waals surface area contributed by atoms with Crippen LogP contribution in [0.1, 0.15) is 12.5 Å². The number of carboxylic acids is 1. The topological polar surface area (TPSA) is 78.4 Å². The highest BCUT2D eigenvalue weighted by atomic mass is 16.4. The lowest BCUT2D eigenvalue weighted by molar-refractivity contribution is -0.131. The Bertz CT molecular complexity index is 521. The third kappa shape index (κ3) is 6.07. The molecule has 1 aromatic carbocycles. The number of benzene rings is 1. The molecule has 0 radical (unpaired) electrons. The van der Waals surface area contributed by atoms with E-state index in [1.54, 1.807) is 24.3 Å². The largest absolute Gasteiger partial charge is 0.478 e. The van der Waals surface area contributed by atoms with Crippen molar-refractivity contribution in [3.8, 4) is 0 Å². The molecule has 5 heteroatoms. The number of rotatable bonds is 5. The zero-order valence-corrected chi connectivity index (χ0v) is 10.6. The third-order valence-corrected chi connectivity index (χ3v) is 2.11. The summed E-state index contributed by atoms with van der Waals surface area (Å²) in [6.07, 6.45) is 2.50. The Morgan fingerprint density at radius 1 is 1.42 bits per heavy atom. The van der Waals surface area contributed by atoms with Gasteiger partial charge in [0.1, 0.15) is 0 Å². The van der Waals surface area contributed by atoms with Crippen LogP contribution in [0, 0.1) is 0 Å². The Morgan fingerprint density at radius 3 is 2.79 bits per heavy atom. The number of hydrogen-bond donors (Lipinski definition) is 3. The van der Waals surface area contributed by atoms with Gasteiger partial charge in [0, 0.05) is 18.3 Å². The molecule has 0 aromatic heterocycles. The van der Waals surface area contributed by atoms with E-state index < -0.39 is 5.97 Å². The summed E-state index contributed by atoms with van der Waals surface area (Å²) in [4.78, 5) is 21.9. The van der Waals surface area contributed by atoms with Gasteiger partial charge in [0.25, 0.3) is 0 Å². The van der Waals surface area contributed by atoms with Gasteiger partial charge >= 0.3 is 12.0 Å². The molecule has 1 aromatic rings. The van der Waals surface area contributed by atoms with Crippen LogP contribution in [-0.2, 0) is 4.79 Å². The standard InChI is InChI=1S/C14H16N2O3/c1-10(2)9-15-14(19)16-12-5-3-4-11(8-12)6-7-13(17)18/h3-8H,1,9H2,2H3,(H,17,18)(H2,15,16,19)/b7-6+. The number of carbonyl (C=O) groups excluding carboxylic acids is 1. The quantitative estimate of drug-likeness (QED) is 0.562. The van der Waals surface area contributed by atoms with E-state index in [1.807, 2.05) is 6.92 Å². The van der Waals surface area contributed by atoms with Crippen molar-refractivity contribution in [3.05, 3.63) is 48.1 Å². The van der Waals surface area contributed by atoms with Crippen LogP contribution in [0.2, 0.25) is 0 Å². The summed E-state index contributed by atoms with van der Waals surface area (Å²) in [5.41, 5.74) is 2.14. The maximum atomic E-state index is 11.5. The lowest BCUT2D eigenvalue weighted by atomic mass is 10.2. The maximum absolute atomic E-state index is 11.5. The molecule has 0 fully saturated rings. The molecule has 100 valence electrons. The van der Waals surface area contributed by atoms with E-state index in [1.165, 1.54) is 6.08 Å². The minimum atomic E-state index is -1.02.